The van der Waals surface area contributed by atoms with Gasteiger partial charge in [0.15, 0.2) is 5.66 Å². The normalized spacial score (nSPS) is 20.9. The molecule has 0 bridgehead atoms. The topological polar surface area (TPSA) is 88.8 Å². The molecule has 3 rings (SSSR count). The molecule has 5 nitrogen and oxygen atoms in total. The maximum atomic E-state index is 6.53. The Morgan fingerprint density at radius 1 is 1.05 bits per heavy atom. The smallest absolute Gasteiger partial charge is 0.212 e. The molecule has 2 aromatic carbocycles. The van der Waals surface area contributed by atoms with Gasteiger partial charge in [0.2, 0.25) is 5.96 Å². The molecule has 7 heteroatoms. The fourth-order valence-electron chi connectivity index (χ4n) is 2.33. The molecule has 0 amide bonds. The molecule has 5 N–H and O–H groups in total. The van der Waals surface area contributed by atoms with Gasteiger partial charge in [-0.15, -0.1) is 0 Å². The number of halogens is 2. The second-order valence-electron chi connectivity index (χ2n) is 4.83. The first-order chi connectivity index (χ1) is 10.5. The van der Waals surface area contributed by atoms with E-state index >= 15 is 0 Å². The van der Waals surface area contributed by atoms with E-state index in [1.54, 1.807) is 18.2 Å². The first-order valence-electron chi connectivity index (χ1n) is 6.50. The standard InChI is InChI=1S/C15H13Cl2N5/c16-10-6-7-11(12(17)8-10)15(19)13(21-22-14(18)20-15)9-4-2-1-3-5-9/h1-8H,19H2,(H3,18,20,22). The monoisotopic (exact) mass is 333 g/mol. The number of nitrogens with zero attached hydrogens (tertiary/aromatic N) is 2. The molecule has 1 heterocycles. The maximum absolute atomic E-state index is 6.53. The third-order valence-electron chi connectivity index (χ3n) is 3.33. The second kappa shape index (κ2) is 5.61. The van der Waals surface area contributed by atoms with Crippen LogP contribution in [0.1, 0.15) is 11.1 Å². The van der Waals surface area contributed by atoms with Crippen LogP contribution in [-0.2, 0) is 5.66 Å². The van der Waals surface area contributed by atoms with E-state index in [0.29, 0.717) is 21.3 Å². The molecule has 1 unspecified atom stereocenters. The van der Waals surface area contributed by atoms with Gasteiger partial charge in [0.25, 0.3) is 0 Å². The van der Waals surface area contributed by atoms with E-state index in [2.05, 4.69) is 15.5 Å². The zero-order valence-electron chi connectivity index (χ0n) is 11.4. The lowest BCUT2D eigenvalue weighted by Crippen LogP contribution is -2.51. The molecular formula is C15H13Cl2N5. The van der Waals surface area contributed by atoms with E-state index in [4.69, 9.17) is 34.7 Å². The van der Waals surface area contributed by atoms with Gasteiger partial charge in [-0.3, -0.25) is 5.73 Å². The van der Waals surface area contributed by atoms with Crippen LogP contribution in [0.3, 0.4) is 0 Å². The lowest BCUT2D eigenvalue weighted by molar-refractivity contribution is 0.613. The van der Waals surface area contributed by atoms with Gasteiger partial charge in [-0.2, -0.15) is 5.10 Å². The highest BCUT2D eigenvalue weighted by atomic mass is 35.5. The Kier molecular flexibility index (Phi) is 3.78. The van der Waals surface area contributed by atoms with Crippen molar-refractivity contribution in [3.8, 4) is 0 Å². The summed E-state index contributed by atoms with van der Waals surface area (Å²) in [7, 11) is 0. The molecule has 22 heavy (non-hydrogen) atoms. The van der Waals surface area contributed by atoms with Crippen molar-refractivity contribution in [1.29, 1.82) is 0 Å². The van der Waals surface area contributed by atoms with Crippen molar-refractivity contribution >= 4 is 34.9 Å². The SMILES string of the molecule is NC1=NC(N)(c2ccc(Cl)cc2Cl)C(c2ccccc2)=NN1. The Morgan fingerprint density at radius 2 is 1.77 bits per heavy atom. The summed E-state index contributed by atoms with van der Waals surface area (Å²) in [6.45, 7) is 0. The minimum Gasteiger partial charge on any atom is -0.368 e. The summed E-state index contributed by atoms with van der Waals surface area (Å²) in [5.74, 6) is 0.119. The lowest BCUT2D eigenvalue weighted by atomic mass is 9.90. The van der Waals surface area contributed by atoms with Crippen molar-refractivity contribution in [2.24, 2.45) is 21.6 Å². The number of nitrogens with one attached hydrogen (secondary N) is 1. The summed E-state index contributed by atoms with van der Waals surface area (Å²) in [6.07, 6.45) is 0. The minimum atomic E-state index is -1.29. The number of guanidine groups is 1. The van der Waals surface area contributed by atoms with Crippen LogP contribution in [0, 0.1) is 0 Å². The zero-order chi connectivity index (χ0) is 15.7. The fourth-order valence-corrected chi connectivity index (χ4v) is 2.89. The van der Waals surface area contributed by atoms with Gasteiger partial charge in [-0.1, -0.05) is 59.6 Å². The van der Waals surface area contributed by atoms with Gasteiger partial charge in [0.1, 0.15) is 5.71 Å². The predicted octanol–water partition coefficient (Wildman–Crippen LogP) is 2.43. The Labute approximate surface area is 137 Å². The Balaban J connectivity index is 2.18. The highest BCUT2D eigenvalue weighted by molar-refractivity contribution is 6.35. The van der Waals surface area contributed by atoms with Crippen LogP contribution in [0.15, 0.2) is 58.6 Å². The molecule has 0 fully saturated rings. The number of hydrazone groups is 1. The molecule has 1 aliphatic rings. The van der Waals surface area contributed by atoms with E-state index in [-0.39, 0.29) is 5.96 Å². The Morgan fingerprint density at radius 3 is 2.45 bits per heavy atom. The van der Waals surface area contributed by atoms with Crippen molar-refractivity contribution in [2.45, 2.75) is 5.66 Å². The van der Waals surface area contributed by atoms with E-state index in [1.165, 1.54) is 0 Å². The van der Waals surface area contributed by atoms with Gasteiger partial charge in [0, 0.05) is 21.2 Å². The van der Waals surface area contributed by atoms with Gasteiger partial charge in [-0.25, -0.2) is 10.4 Å². The van der Waals surface area contributed by atoms with Crippen LogP contribution in [0.2, 0.25) is 10.0 Å². The number of aliphatic imine (C=N–C) groups is 1. The highest BCUT2D eigenvalue weighted by Crippen LogP contribution is 2.33. The van der Waals surface area contributed by atoms with Crippen LogP contribution in [0.25, 0.3) is 0 Å². The molecular weight excluding hydrogens is 321 g/mol. The Hall–Kier alpha value is -2.08. The largest absolute Gasteiger partial charge is 0.368 e. The molecule has 1 atom stereocenters. The van der Waals surface area contributed by atoms with Gasteiger partial charge < -0.3 is 5.73 Å². The summed E-state index contributed by atoms with van der Waals surface area (Å²) in [6, 6.07) is 14.5. The summed E-state index contributed by atoms with van der Waals surface area (Å²) < 4.78 is 0. The molecule has 0 spiro atoms. The molecule has 112 valence electrons. The van der Waals surface area contributed by atoms with Crippen molar-refractivity contribution in [2.75, 3.05) is 0 Å². The average molecular weight is 334 g/mol. The van der Waals surface area contributed by atoms with Crippen LogP contribution in [0.4, 0.5) is 0 Å². The number of hydrogen-bond acceptors (Lipinski definition) is 5. The lowest BCUT2D eigenvalue weighted by Gasteiger charge is -2.31. The molecule has 1 aliphatic heterocycles. The summed E-state index contributed by atoms with van der Waals surface area (Å²) in [5, 5.41) is 5.18. The maximum Gasteiger partial charge on any atom is 0.212 e. The van der Waals surface area contributed by atoms with Crippen molar-refractivity contribution in [1.82, 2.24) is 5.43 Å². The third kappa shape index (κ3) is 2.54. The Bertz CT molecular complexity index is 773. The van der Waals surface area contributed by atoms with E-state index in [9.17, 15) is 0 Å². The van der Waals surface area contributed by atoms with Gasteiger partial charge >= 0.3 is 0 Å². The first kappa shape index (κ1) is 14.8. The molecule has 0 saturated carbocycles. The second-order valence-corrected chi connectivity index (χ2v) is 5.67. The fraction of sp³-hybridized carbons (Fsp3) is 0.0667. The molecule has 0 aliphatic carbocycles. The third-order valence-corrected chi connectivity index (χ3v) is 3.88. The number of rotatable bonds is 2. The summed E-state index contributed by atoms with van der Waals surface area (Å²) in [5.41, 5.74) is 15.6. The molecule has 0 aromatic heterocycles. The van der Waals surface area contributed by atoms with Crippen LogP contribution >= 0.6 is 23.2 Å². The van der Waals surface area contributed by atoms with Gasteiger partial charge in [0.05, 0.1) is 0 Å². The van der Waals surface area contributed by atoms with E-state index in [1.807, 2.05) is 30.3 Å². The quantitative estimate of drug-likeness (QED) is 0.788. The van der Waals surface area contributed by atoms with E-state index < -0.39 is 5.66 Å². The van der Waals surface area contributed by atoms with Crippen LogP contribution in [-0.4, -0.2) is 11.7 Å². The van der Waals surface area contributed by atoms with Crippen molar-refractivity contribution < 1.29 is 0 Å². The summed E-state index contributed by atoms with van der Waals surface area (Å²) >= 11 is 12.3. The van der Waals surface area contributed by atoms with Crippen LogP contribution in [0.5, 0.6) is 0 Å². The average Bonchev–Trinajstić information content (AvgIpc) is 2.47. The van der Waals surface area contributed by atoms with Crippen molar-refractivity contribution in [3.63, 3.8) is 0 Å². The number of benzene rings is 2. The van der Waals surface area contributed by atoms with Crippen molar-refractivity contribution in [3.05, 3.63) is 69.7 Å². The molecule has 0 saturated heterocycles. The van der Waals surface area contributed by atoms with Crippen LogP contribution < -0.4 is 16.9 Å². The van der Waals surface area contributed by atoms with Gasteiger partial charge in [-0.05, 0) is 12.1 Å². The highest BCUT2D eigenvalue weighted by Gasteiger charge is 2.38. The molecule has 2 aromatic rings. The summed E-state index contributed by atoms with van der Waals surface area (Å²) in [4.78, 5) is 4.34. The number of hydrogen-bond donors (Lipinski definition) is 3. The predicted molar refractivity (Wildman–Crippen MR) is 90.1 cm³/mol. The number of nitrogens with two attached hydrogens (primary N) is 2. The first-order valence-corrected chi connectivity index (χ1v) is 7.25. The minimum absolute atomic E-state index is 0.119. The zero-order valence-corrected chi connectivity index (χ0v) is 12.9. The molecule has 0 radical (unpaired) electrons. The van der Waals surface area contributed by atoms with E-state index in [0.717, 1.165) is 5.56 Å².